The quantitative estimate of drug-likeness (QED) is 0.898. The van der Waals surface area contributed by atoms with Crippen LogP contribution in [0.2, 0.25) is 0 Å². The summed E-state index contributed by atoms with van der Waals surface area (Å²) in [5.74, 6) is 1.07. The number of hydrogen-bond donors (Lipinski definition) is 1. The van der Waals surface area contributed by atoms with Gasteiger partial charge in [-0.1, -0.05) is 15.9 Å². The summed E-state index contributed by atoms with van der Waals surface area (Å²) in [5.41, 5.74) is 2.44. The van der Waals surface area contributed by atoms with Gasteiger partial charge in [0.1, 0.15) is 18.9 Å². The van der Waals surface area contributed by atoms with E-state index in [1.165, 1.54) is 49.9 Å². The second-order valence-electron chi connectivity index (χ2n) is 5.63. The van der Waals surface area contributed by atoms with E-state index in [0.717, 1.165) is 23.4 Å². The molecule has 0 saturated carbocycles. The average molecular weight is 327 g/mol. The summed E-state index contributed by atoms with van der Waals surface area (Å²) in [7, 11) is 0. The molecule has 0 spiro atoms. The van der Waals surface area contributed by atoms with E-state index in [1.807, 2.05) is 0 Å². The van der Waals surface area contributed by atoms with Crippen LogP contribution in [0.3, 0.4) is 0 Å². The summed E-state index contributed by atoms with van der Waals surface area (Å²) in [6.45, 7) is 8.84. The molecule has 2 rings (SSSR count). The second-order valence-corrected chi connectivity index (χ2v) is 6.55. The summed E-state index contributed by atoms with van der Waals surface area (Å²) < 4.78 is 7.16. The molecule has 0 aliphatic carbocycles. The third kappa shape index (κ3) is 4.50. The molecular weight excluding hydrogens is 302 g/mol. The van der Waals surface area contributed by atoms with Crippen LogP contribution in [-0.2, 0) is 0 Å². The zero-order chi connectivity index (χ0) is 13.7. The molecule has 1 aliphatic rings. The van der Waals surface area contributed by atoms with Gasteiger partial charge in [-0.25, -0.2) is 0 Å². The molecule has 0 amide bonds. The summed E-state index contributed by atoms with van der Waals surface area (Å²) in [4.78, 5) is 1.71. The van der Waals surface area contributed by atoms with Gasteiger partial charge < -0.3 is 9.64 Å². The number of hydrogen-bond acceptors (Lipinski definition) is 1. The molecule has 1 saturated heterocycles. The van der Waals surface area contributed by atoms with Crippen LogP contribution in [0, 0.1) is 13.8 Å². The van der Waals surface area contributed by atoms with Crippen molar-refractivity contribution in [2.24, 2.45) is 0 Å². The predicted molar refractivity (Wildman–Crippen MR) is 83.1 cm³/mol. The standard InChI is InChI=1S/C16H24BrNO/c1-13-11-15(17)12-14(2)16(13)19-10-9-18-7-5-3-4-6-8-18/h11-12H,3-10H2,1-2H3/p+1. The van der Waals surface area contributed by atoms with Crippen LogP contribution in [0.4, 0.5) is 0 Å². The van der Waals surface area contributed by atoms with E-state index in [2.05, 4.69) is 41.9 Å². The zero-order valence-electron chi connectivity index (χ0n) is 12.1. The van der Waals surface area contributed by atoms with E-state index in [9.17, 15) is 0 Å². The molecule has 0 aromatic heterocycles. The zero-order valence-corrected chi connectivity index (χ0v) is 13.7. The van der Waals surface area contributed by atoms with Crippen LogP contribution in [0.1, 0.15) is 36.8 Å². The fourth-order valence-electron chi connectivity index (χ4n) is 2.90. The van der Waals surface area contributed by atoms with Gasteiger partial charge in [-0.15, -0.1) is 0 Å². The van der Waals surface area contributed by atoms with E-state index in [4.69, 9.17) is 4.74 Å². The number of aryl methyl sites for hydroxylation is 2. The average Bonchev–Trinajstić information content (AvgIpc) is 2.61. The van der Waals surface area contributed by atoms with Crippen molar-refractivity contribution in [3.05, 3.63) is 27.7 Å². The summed E-state index contributed by atoms with van der Waals surface area (Å²) >= 11 is 3.53. The van der Waals surface area contributed by atoms with Crippen molar-refractivity contribution in [3.63, 3.8) is 0 Å². The highest BCUT2D eigenvalue weighted by Gasteiger charge is 2.12. The van der Waals surface area contributed by atoms with Gasteiger partial charge in [-0.3, -0.25) is 0 Å². The fourth-order valence-corrected chi connectivity index (χ4v) is 3.59. The first-order valence-electron chi connectivity index (χ1n) is 7.40. The number of nitrogens with one attached hydrogen (secondary N) is 1. The van der Waals surface area contributed by atoms with Crippen molar-refractivity contribution in [1.82, 2.24) is 0 Å². The maximum atomic E-state index is 6.02. The van der Waals surface area contributed by atoms with Gasteiger partial charge in [0.05, 0.1) is 13.1 Å². The summed E-state index contributed by atoms with van der Waals surface area (Å²) in [6.07, 6.45) is 5.59. The van der Waals surface area contributed by atoms with Gasteiger partial charge in [0.15, 0.2) is 0 Å². The van der Waals surface area contributed by atoms with Gasteiger partial charge >= 0.3 is 0 Å². The monoisotopic (exact) mass is 326 g/mol. The van der Waals surface area contributed by atoms with Gasteiger partial charge in [0.2, 0.25) is 0 Å². The predicted octanol–water partition coefficient (Wildman–Crippen LogP) is 2.90. The molecule has 19 heavy (non-hydrogen) atoms. The topological polar surface area (TPSA) is 13.7 Å². The van der Waals surface area contributed by atoms with Crippen LogP contribution < -0.4 is 9.64 Å². The van der Waals surface area contributed by atoms with Crippen molar-refractivity contribution in [2.45, 2.75) is 39.5 Å². The molecule has 2 nitrogen and oxygen atoms in total. The van der Waals surface area contributed by atoms with Crippen molar-refractivity contribution in [2.75, 3.05) is 26.2 Å². The minimum atomic E-state index is 0.832. The van der Waals surface area contributed by atoms with Crippen molar-refractivity contribution >= 4 is 15.9 Å². The second kappa shape index (κ2) is 7.30. The Morgan fingerprint density at radius 3 is 2.21 bits per heavy atom. The first kappa shape index (κ1) is 14.9. The largest absolute Gasteiger partial charge is 0.487 e. The molecule has 0 atom stereocenters. The Morgan fingerprint density at radius 1 is 1.05 bits per heavy atom. The minimum Gasteiger partial charge on any atom is -0.487 e. The lowest BCUT2D eigenvalue weighted by Gasteiger charge is -2.18. The first-order chi connectivity index (χ1) is 9.16. The van der Waals surface area contributed by atoms with Crippen LogP contribution in [0.5, 0.6) is 5.75 Å². The Hall–Kier alpha value is -0.540. The molecule has 1 aliphatic heterocycles. The smallest absolute Gasteiger partial charge is 0.137 e. The third-order valence-electron chi connectivity index (χ3n) is 3.94. The van der Waals surface area contributed by atoms with Gasteiger partial charge in [0, 0.05) is 4.47 Å². The van der Waals surface area contributed by atoms with E-state index < -0.39 is 0 Å². The molecule has 1 heterocycles. The molecule has 0 radical (unpaired) electrons. The molecule has 0 bridgehead atoms. The molecule has 1 N–H and O–H groups in total. The summed E-state index contributed by atoms with van der Waals surface area (Å²) in [6, 6.07) is 4.25. The Kier molecular flexibility index (Phi) is 5.71. The molecule has 1 fully saturated rings. The van der Waals surface area contributed by atoms with Crippen LogP contribution in [0.15, 0.2) is 16.6 Å². The van der Waals surface area contributed by atoms with Gasteiger partial charge in [0.25, 0.3) is 0 Å². The molecule has 3 heteroatoms. The van der Waals surface area contributed by atoms with Gasteiger partial charge in [-0.2, -0.15) is 0 Å². The normalized spacial score (nSPS) is 17.2. The molecular formula is C16H25BrNO+. The van der Waals surface area contributed by atoms with Crippen molar-refractivity contribution in [3.8, 4) is 5.75 Å². The Labute approximate surface area is 125 Å². The van der Waals surface area contributed by atoms with E-state index >= 15 is 0 Å². The van der Waals surface area contributed by atoms with E-state index in [1.54, 1.807) is 4.90 Å². The first-order valence-corrected chi connectivity index (χ1v) is 8.19. The van der Waals surface area contributed by atoms with E-state index in [-0.39, 0.29) is 0 Å². The number of likely N-dealkylation sites (tertiary alicyclic amines) is 1. The Bertz CT molecular complexity index is 388. The minimum absolute atomic E-state index is 0.832. The van der Waals surface area contributed by atoms with E-state index in [0.29, 0.717) is 0 Å². The number of benzene rings is 1. The number of quaternary nitrogens is 1. The highest BCUT2D eigenvalue weighted by molar-refractivity contribution is 9.10. The molecule has 106 valence electrons. The highest BCUT2D eigenvalue weighted by Crippen LogP contribution is 2.27. The lowest BCUT2D eigenvalue weighted by molar-refractivity contribution is -0.899. The molecule has 1 aromatic carbocycles. The van der Waals surface area contributed by atoms with Crippen LogP contribution in [-0.4, -0.2) is 26.2 Å². The number of rotatable bonds is 4. The number of halogens is 1. The van der Waals surface area contributed by atoms with Crippen molar-refractivity contribution in [1.29, 1.82) is 0 Å². The fraction of sp³-hybridized carbons (Fsp3) is 0.625. The van der Waals surface area contributed by atoms with Crippen LogP contribution >= 0.6 is 15.9 Å². The maximum Gasteiger partial charge on any atom is 0.137 e. The van der Waals surface area contributed by atoms with Crippen LogP contribution in [0.25, 0.3) is 0 Å². The summed E-state index contributed by atoms with van der Waals surface area (Å²) in [5, 5.41) is 0. The Morgan fingerprint density at radius 2 is 1.63 bits per heavy atom. The lowest BCUT2D eigenvalue weighted by atomic mass is 10.1. The highest BCUT2D eigenvalue weighted by atomic mass is 79.9. The van der Waals surface area contributed by atoms with Gasteiger partial charge in [-0.05, 0) is 62.8 Å². The molecule has 0 unspecified atom stereocenters. The lowest BCUT2D eigenvalue weighted by Crippen LogP contribution is -3.12. The SMILES string of the molecule is Cc1cc(Br)cc(C)c1OCC[NH+]1CCCCCC1. The van der Waals surface area contributed by atoms with Crippen molar-refractivity contribution < 1.29 is 9.64 Å². The number of ether oxygens (including phenoxy) is 1. The Balaban J connectivity index is 1.85. The third-order valence-corrected chi connectivity index (χ3v) is 4.40. The maximum absolute atomic E-state index is 6.02. The molecule has 1 aromatic rings.